The topological polar surface area (TPSA) is 87.0 Å². The molecule has 0 atom stereocenters. The number of hydrogen-bond donors (Lipinski definition) is 0. The van der Waals surface area contributed by atoms with Gasteiger partial charge < -0.3 is 4.74 Å². The third-order valence-corrected chi connectivity index (χ3v) is 2.53. The Kier molecular flexibility index (Phi) is 3.65. The van der Waals surface area contributed by atoms with E-state index in [4.69, 9.17) is 0 Å². The fraction of sp³-hybridized carbons (Fsp3) is 0.250. The van der Waals surface area contributed by atoms with Crippen molar-refractivity contribution in [3.05, 3.63) is 41.2 Å². The van der Waals surface area contributed by atoms with Gasteiger partial charge >= 0.3 is 5.97 Å². The van der Waals surface area contributed by atoms with E-state index in [1.165, 1.54) is 19.5 Å². The lowest BCUT2D eigenvalue weighted by Gasteiger charge is -2.04. The largest absolute Gasteiger partial charge is 0.464 e. The molecule has 0 saturated carbocycles. The molecule has 0 spiro atoms. The van der Waals surface area contributed by atoms with Crippen LogP contribution in [0.15, 0.2) is 18.5 Å². The molecule has 0 fully saturated rings. The van der Waals surface area contributed by atoms with Gasteiger partial charge in [0.1, 0.15) is 5.69 Å². The summed E-state index contributed by atoms with van der Waals surface area (Å²) >= 11 is 0. The van der Waals surface area contributed by atoms with Crippen LogP contribution in [0, 0.1) is 6.92 Å². The number of ether oxygens (including phenoxy) is 1. The first-order chi connectivity index (χ1) is 9.13. The van der Waals surface area contributed by atoms with Crippen molar-refractivity contribution in [3.8, 4) is 0 Å². The molecule has 2 aromatic rings. The van der Waals surface area contributed by atoms with E-state index in [1.54, 1.807) is 10.7 Å². The molecule has 0 unspecified atom stereocenters. The van der Waals surface area contributed by atoms with E-state index in [2.05, 4.69) is 19.8 Å². The summed E-state index contributed by atoms with van der Waals surface area (Å²) in [6.45, 7) is 2.23. The maximum atomic E-state index is 11.2. The summed E-state index contributed by atoms with van der Waals surface area (Å²) < 4.78 is 6.18. The summed E-state index contributed by atoms with van der Waals surface area (Å²) in [5.74, 6) is -0.530. The molecular formula is C12H12N4O3. The van der Waals surface area contributed by atoms with Gasteiger partial charge in [0.05, 0.1) is 31.7 Å². The minimum atomic E-state index is -0.530. The number of methoxy groups -OCH3 is 1. The molecule has 0 aromatic carbocycles. The van der Waals surface area contributed by atoms with Crippen molar-refractivity contribution >= 4 is 12.3 Å². The quantitative estimate of drug-likeness (QED) is 0.592. The number of rotatable bonds is 4. The molecule has 0 aliphatic carbocycles. The van der Waals surface area contributed by atoms with E-state index in [0.29, 0.717) is 24.2 Å². The van der Waals surface area contributed by atoms with Crippen molar-refractivity contribution in [1.29, 1.82) is 0 Å². The molecule has 0 N–H and O–H groups in total. The fourth-order valence-electron chi connectivity index (χ4n) is 1.55. The molecule has 7 nitrogen and oxygen atoms in total. The molecule has 19 heavy (non-hydrogen) atoms. The van der Waals surface area contributed by atoms with E-state index < -0.39 is 5.97 Å². The normalized spacial score (nSPS) is 10.2. The number of aldehydes is 1. The molecule has 2 aromatic heterocycles. The summed E-state index contributed by atoms with van der Waals surface area (Å²) in [4.78, 5) is 29.9. The number of hydrogen-bond acceptors (Lipinski definition) is 6. The predicted molar refractivity (Wildman–Crippen MR) is 64.8 cm³/mol. The lowest BCUT2D eigenvalue weighted by atomic mass is 10.3. The van der Waals surface area contributed by atoms with Gasteiger partial charge in [0.25, 0.3) is 0 Å². The highest BCUT2D eigenvalue weighted by atomic mass is 16.5. The van der Waals surface area contributed by atoms with E-state index >= 15 is 0 Å². The van der Waals surface area contributed by atoms with Crippen molar-refractivity contribution in [3.63, 3.8) is 0 Å². The van der Waals surface area contributed by atoms with Crippen LogP contribution in [0.2, 0.25) is 0 Å². The Morgan fingerprint density at radius 1 is 1.42 bits per heavy atom. The first-order valence-electron chi connectivity index (χ1n) is 5.53. The highest BCUT2D eigenvalue weighted by Gasteiger charge is 2.09. The average molecular weight is 260 g/mol. The minimum absolute atomic E-state index is 0.150. The third-order valence-electron chi connectivity index (χ3n) is 2.53. The molecule has 7 heteroatoms. The zero-order chi connectivity index (χ0) is 13.8. The van der Waals surface area contributed by atoms with Gasteiger partial charge in [-0.15, -0.1) is 0 Å². The average Bonchev–Trinajstić information content (AvgIpc) is 2.79. The van der Waals surface area contributed by atoms with Crippen LogP contribution in [-0.4, -0.2) is 39.1 Å². The van der Waals surface area contributed by atoms with E-state index in [9.17, 15) is 9.59 Å². The molecule has 2 rings (SSSR count). The molecule has 0 saturated heterocycles. The van der Waals surface area contributed by atoms with Gasteiger partial charge in [0.2, 0.25) is 0 Å². The lowest BCUT2D eigenvalue weighted by Crippen LogP contribution is -2.09. The zero-order valence-corrected chi connectivity index (χ0v) is 10.5. The van der Waals surface area contributed by atoms with Crippen LogP contribution in [0.4, 0.5) is 0 Å². The van der Waals surface area contributed by atoms with Crippen LogP contribution in [-0.2, 0) is 11.3 Å². The van der Waals surface area contributed by atoms with E-state index in [1.807, 2.05) is 6.92 Å². The second-order valence-electron chi connectivity index (χ2n) is 3.87. The van der Waals surface area contributed by atoms with E-state index in [-0.39, 0.29) is 5.69 Å². The first-order valence-corrected chi connectivity index (χ1v) is 5.53. The lowest BCUT2D eigenvalue weighted by molar-refractivity contribution is 0.0593. The van der Waals surface area contributed by atoms with Gasteiger partial charge in [-0.2, -0.15) is 5.10 Å². The first kappa shape index (κ1) is 12.9. The second kappa shape index (κ2) is 5.38. The summed E-state index contributed by atoms with van der Waals surface area (Å²) in [5.41, 5.74) is 2.01. The molecule has 0 aliphatic heterocycles. The van der Waals surface area contributed by atoms with Crippen LogP contribution in [0.25, 0.3) is 0 Å². The van der Waals surface area contributed by atoms with Gasteiger partial charge in [-0.1, -0.05) is 0 Å². The second-order valence-corrected chi connectivity index (χ2v) is 3.87. The van der Waals surface area contributed by atoms with Gasteiger partial charge in [0.15, 0.2) is 12.0 Å². The monoisotopic (exact) mass is 260 g/mol. The van der Waals surface area contributed by atoms with Crippen molar-refractivity contribution < 1.29 is 14.3 Å². The number of aromatic nitrogens is 4. The summed E-state index contributed by atoms with van der Waals surface area (Å²) in [7, 11) is 1.28. The smallest absolute Gasteiger partial charge is 0.358 e. The summed E-state index contributed by atoms with van der Waals surface area (Å²) in [6, 6.07) is 1.68. The Morgan fingerprint density at radius 3 is 2.74 bits per heavy atom. The SMILES string of the molecule is COC(=O)c1cnc(Cn2nc(C=O)cc2C)cn1. The molecule has 0 radical (unpaired) electrons. The Labute approximate surface area is 109 Å². The van der Waals surface area contributed by atoms with Crippen molar-refractivity contribution in [2.24, 2.45) is 0 Å². The van der Waals surface area contributed by atoms with Crippen molar-refractivity contribution in [2.45, 2.75) is 13.5 Å². The van der Waals surface area contributed by atoms with Gasteiger partial charge in [-0.25, -0.2) is 9.78 Å². The fourth-order valence-corrected chi connectivity index (χ4v) is 1.55. The van der Waals surface area contributed by atoms with Crippen LogP contribution in [0.5, 0.6) is 0 Å². The molecule has 98 valence electrons. The Morgan fingerprint density at radius 2 is 2.21 bits per heavy atom. The highest BCUT2D eigenvalue weighted by Crippen LogP contribution is 2.05. The van der Waals surface area contributed by atoms with Gasteiger partial charge in [0, 0.05) is 5.69 Å². The molecule has 0 bridgehead atoms. The Balaban J connectivity index is 2.17. The number of carbonyl (C=O) groups is 2. The van der Waals surface area contributed by atoms with E-state index in [0.717, 1.165) is 5.69 Å². The van der Waals surface area contributed by atoms with Crippen LogP contribution < -0.4 is 0 Å². The number of carbonyl (C=O) groups excluding carboxylic acids is 2. The number of aryl methyl sites for hydroxylation is 1. The molecule has 0 aliphatic rings. The zero-order valence-electron chi connectivity index (χ0n) is 10.5. The Hall–Kier alpha value is -2.57. The van der Waals surface area contributed by atoms with Gasteiger partial charge in [-0.3, -0.25) is 14.5 Å². The van der Waals surface area contributed by atoms with Crippen molar-refractivity contribution in [1.82, 2.24) is 19.7 Å². The molecule has 2 heterocycles. The minimum Gasteiger partial charge on any atom is -0.464 e. The van der Waals surface area contributed by atoms with Crippen molar-refractivity contribution in [2.75, 3.05) is 7.11 Å². The summed E-state index contributed by atoms with van der Waals surface area (Å²) in [6.07, 6.45) is 3.52. The highest BCUT2D eigenvalue weighted by molar-refractivity contribution is 5.86. The van der Waals surface area contributed by atoms with Crippen LogP contribution >= 0.6 is 0 Å². The van der Waals surface area contributed by atoms with Crippen LogP contribution in [0.3, 0.4) is 0 Å². The molecule has 0 amide bonds. The predicted octanol–water partition coefficient (Wildman–Crippen LogP) is 0.629. The maximum absolute atomic E-state index is 11.2. The summed E-state index contributed by atoms with van der Waals surface area (Å²) in [5, 5.41) is 4.09. The molecular weight excluding hydrogens is 248 g/mol. The Bertz CT molecular complexity index is 604. The maximum Gasteiger partial charge on any atom is 0.358 e. The van der Waals surface area contributed by atoms with Gasteiger partial charge in [-0.05, 0) is 13.0 Å². The third kappa shape index (κ3) is 2.82. The standard InChI is InChI=1S/C12H12N4O3/c1-8-3-9(7-17)15-16(8)6-10-4-14-11(5-13-10)12(18)19-2/h3-5,7H,6H2,1-2H3. The number of esters is 1. The van der Waals surface area contributed by atoms with Crippen LogP contribution in [0.1, 0.15) is 32.4 Å². The number of nitrogens with zero attached hydrogens (tertiary/aromatic N) is 4.